The summed E-state index contributed by atoms with van der Waals surface area (Å²) in [5, 5.41) is 11.8. The third-order valence-electron chi connectivity index (χ3n) is 3.67. The highest BCUT2D eigenvalue weighted by molar-refractivity contribution is 5.94. The molecule has 2 rings (SSSR count). The number of aryl methyl sites for hydroxylation is 1. The Labute approximate surface area is 115 Å². The fourth-order valence-electron chi connectivity index (χ4n) is 2.68. The summed E-state index contributed by atoms with van der Waals surface area (Å²) >= 11 is 0. The molecule has 0 aliphatic rings. The first-order valence-electron chi connectivity index (χ1n) is 6.96. The number of nitrogens with zero attached hydrogens (tertiary/aromatic N) is 2. The van der Waals surface area contributed by atoms with Crippen molar-refractivity contribution in [1.82, 2.24) is 0 Å². The van der Waals surface area contributed by atoms with Crippen molar-refractivity contribution in [3.63, 3.8) is 0 Å². The average Bonchev–Trinajstić information content (AvgIpc) is 2.47. The predicted molar refractivity (Wildman–Crippen MR) is 81.6 cm³/mol. The van der Waals surface area contributed by atoms with Crippen LogP contribution in [0.25, 0.3) is 10.8 Å². The van der Waals surface area contributed by atoms with Crippen LogP contribution in [-0.2, 0) is 6.42 Å². The molecule has 2 heteroatoms. The van der Waals surface area contributed by atoms with Crippen molar-refractivity contribution in [3.8, 4) is 6.07 Å². The van der Waals surface area contributed by atoms with E-state index >= 15 is 0 Å². The molecule has 2 aromatic carbocycles. The first-order chi connectivity index (χ1) is 9.26. The fraction of sp³-hybridized carbons (Fsp3) is 0.353. The number of fused-ring (bicyclic) bond motifs is 1. The Kier molecular flexibility index (Phi) is 4.06. The summed E-state index contributed by atoms with van der Waals surface area (Å²) in [6.07, 6.45) is 0.950. The number of benzene rings is 2. The zero-order chi connectivity index (χ0) is 13.8. The lowest BCUT2D eigenvalue weighted by Crippen LogP contribution is -2.24. The van der Waals surface area contributed by atoms with Gasteiger partial charge in [0.1, 0.15) is 6.07 Å². The van der Waals surface area contributed by atoms with Crippen LogP contribution in [0.15, 0.2) is 30.3 Å². The monoisotopic (exact) mass is 252 g/mol. The molecule has 0 saturated carbocycles. The lowest BCUT2D eigenvalue weighted by Gasteiger charge is -2.26. The highest BCUT2D eigenvalue weighted by atomic mass is 15.1. The van der Waals surface area contributed by atoms with Crippen LogP contribution >= 0.6 is 0 Å². The van der Waals surface area contributed by atoms with Crippen LogP contribution in [0, 0.1) is 11.3 Å². The number of hydrogen-bond acceptors (Lipinski definition) is 2. The second-order valence-corrected chi connectivity index (χ2v) is 4.62. The Bertz CT molecular complexity index is 619. The number of nitriles is 1. The minimum absolute atomic E-state index is 0.818. The van der Waals surface area contributed by atoms with Gasteiger partial charge in [0.25, 0.3) is 0 Å². The van der Waals surface area contributed by atoms with Gasteiger partial charge in [-0.3, -0.25) is 0 Å². The van der Waals surface area contributed by atoms with Gasteiger partial charge in [0.2, 0.25) is 0 Å². The van der Waals surface area contributed by atoms with E-state index in [2.05, 4.69) is 43.9 Å². The van der Waals surface area contributed by atoms with E-state index in [0.717, 1.165) is 41.5 Å². The van der Waals surface area contributed by atoms with Crippen molar-refractivity contribution in [2.75, 3.05) is 18.0 Å². The normalized spacial score (nSPS) is 10.4. The highest BCUT2D eigenvalue weighted by Crippen LogP contribution is 2.32. The average molecular weight is 252 g/mol. The molecule has 0 N–H and O–H groups in total. The molecule has 0 spiro atoms. The van der Waals surface area contributed by atoms with Crippen LogP contribution < -0.4 is 4.90 Å². The van der Waals surface area contributed by atoms with Crippen molar-refractivity contribution in [2.45, 2.75) is 27.2 Å². The lowest BCUT2D eigenvalue weighted by molar-refractivity contribution is 0.855. The molecular formula is C17H20N2. The first-order valence-corrected chi connectivity index (χ1v) is 6.96. The van der Waals surface area contributed by atoms with E-state index in [1.54, 1.807) is 0 Å². The summed E-state index contributed by atoms with van der Waals surface area (Å²) in [6, 6.07) is 12.8. The van der Waals surface area contributed by atoms with Crippen LogP contribution in [0.2, 0.25) is 0 Å². The van der Waals surface area contributed by atoms with Crippen LogP contribution in [0.4, 0.5) is 5.69 Å². The molecule has 0 fully saturated rings. The van der Waals surface area contributed by atoms with Crippen molar-refractivity contribution in [2.24, 2.45) is 0 Å². The molecule has 0 atom stereocenters. The van der Waals surface area contributed by atoms with E-state index in [1.807, 2.05) is 18.2 Å². The second-order valence-electron chi connectivity index (χ2n) is 4.62. The summed E-state index contributed by atoms with van der Waals surface area (Å²) in [5.41, 5.74) is 3.20. The van der Waals surface area contributed by atoms with Gasteiger partial charge in [0.15, 0.2) is 0 Å². The largest absolute Gasteiger partial charge is 0.371 e. The highest BCUT2D eigenvalue weighted by Gasteiger charge is 2.16. The van der Waals surface area contributed by atoms with Crippen LogP contribution in [0.5, 0.6) is 0 Å². The molecular weight excluding hydrogens is 232 g/mol. The zero-order valence-electron chi connectivity index (χ0n) is 11.9. The first kappa shape index (κ1) is 13.4. The maximum Gasteiger partial charge on any atom is 0.102 e. The Balaban J connectivity index is 2.83. The van der Waals surface area contributed by atoms with Crippen molar-refractivity contribution >= 4 is 16.5 Å². The van der Waals surface area contributed by atoms with E-state index in [9.17, 15) is 5.26 Å². The second kappa shape index (κ2) is 5.75. The van der Waals surface area contributed by atoms with E-state index in [1.165, 1.54) is 5.56 Å². The number of hydrogen-bond donors (Lipinski definition) is 0. The van der Waals surface area contributed by atoms with Gasteiger partial charge in [-0.15, -0.1) is 0 Å². The smallest absolute Gasteiger partial charge is 0.102 e. The third-order valence-corrected chi connectivity index (χ3v) is 3.67. The Hall–Kier alpha value is -2.01. The number of rotatable bonds is 4. The van der Waals surface area contributed by atoms with Crippen molar-refractivity contribution in [3.05, 3.63) is 41.5 Å². The molecule has 0 aromatic heterocycles. The molecule has 0 aliphatic heterocycles. The molecule has 0 heterocycles. The Morgan fingerprint density at radius 1 is 1.11 bits per heavy atom. The lowest BCUT2D eigenvalue weighted by atomic mass is 9.96. The van der Waals surface area contributed by atoms with E-state index in [0.29, 0.717) is 0 Å². The van der Waals surface area contributed by atoms with E-state index in [-0.39, 0.29) is 0 Å². The summed E-state index contributed by atoms with van der Waals surface area (Å²) in [7, 11) is 0. The van der Waals surface area contributed by atoms with Gasteiger partial charge in [-0.1, -0.05) is 31.2 Å². The molecule has 0 amide bonds. The van der Waals surface area contributed by atoms with Gasteiger partial charge < -0.3 is 4.90 Å². The summed E-state index contributed by atoms with van der Waals surface area (Å²) in [6.45, 7) is 8.28. The third kappa shape index (κ3) is 2.29. The molecule has 0 aliphatic carbocycles. The van der Waals surface area contributed by atoms with E-state index in [4.69, 9.17) is 0 Å². The standard InChI is InChI=1S/C17H20N2/c1-4-13-11-14-9-7-8-10-15(14)16(12-18)17(13)19(5-2)6-3/h7-11H,4-6H2,1-3H3. The van der Waals surface area contributed by atoms with Crippen molar-refractivity contribution in [1.29, 1.82) is 5.26 Å². The van der Waals surface area contributed by atoms with E-state index < -0.39 is 0 Å². The van der Waals surface area contributed by atoms with Gasteiger partial charge in [-0.2, -0.15) is 5.26 Å². The number of anilines is 1. The Morgan fingerprint density at radius 2 is 1.79 bits per heavy atom. The van der Waals surface area contributed by atoms with Crippen LogP contribution in [0.3, 0.4) is 0 Å². The van der Waals surface area contributed by atoms with Crippen LogP contribution in [0.1, 0.15) is 31.9 Å². The minimum atomic E-state index is 0.818. The summed E-state index contributed by atoms with van der Waals surface area (Å²) in [4.78, 5) is 2.28. The molecule has 2 nitrogen and oxygen atoms in total. The van der Waals surface area contributed by atoms with Crippen LogP contribution in [-0.4, -0.2) is 13.1 Å². The van der Waals surface area contributed by atoms with Gasteiger partial charge >= 0.3 is 0 Å². The summed E-state index contributed by atoms with van der Waals surface area (Å²) < 4.78 is 0. The minimum Gasteiger partial charge on any atom is -0.371 e. The van der Waals surface area contributed by atoms with Gasteiger partial charge in [0, 0.05) is 18.5 Å². The zero-order valence-corrected chi connectivity index (χ0v) is 11.9. The molecule has 98 valence electrons. The molecule has 0 unspecified atom stereocenters. The molecule has 2 aromatic rings. The van der Waals surface area contributed by atoms with Gasteiger partial charge in [-0.25, -0.2) is 0 Å². The van der Waals surface area contributed by atoms with Gasteiger partial charge in [-0.05, 0) is 37.3 Å². The maximum absolute atomic E-state index is 9.60. The van der Waals surface area contributed by atoms with Gasteiger partial charge in [0.05, 0.1) is 11.3 Å². The fourth-order valence-corrected chi connectivity index (χ4v) is 2.68. The predicted octanol–water partition coefficient (Wildman–Crippen LogP) is 4.12. The topological polar surface area (TPSA) is 27.0 Å². The molecule has 19 heavy (non-hydrogen) atoms. The maximum atomic E-state index is 9.60. The summed E-state index contributed by atoms with van der Waals surface area (Å²) in [5.74, 6) is 0. The van der Waals surface area contributed by atoms with Crippen molar-refractivity contribution < 1.29 is 0 Å². The quantitative estimate of drug-likeness (QED) is 0.818. The molecule has 0 radical (unpaired) electrons. The SMILES string of the molecule is CCc1cc2ccccc2c(C#N)c1N(CC)CC. The molecule has 0 bridgehead atoms. The molecule has 0 saturated heterocycles. The Morgan fingerprint density at radius 3 is 2.37 bits per heavy atom.